The average molecular weight is 263 g/mol. The van der Waals surface area contributed by atoms with Gasteiger partial charge in [-0.2, -0.15) is 0 Å². The minimum atomic E-state index is -0.416. The summed E-state index contributed by atoms with van der Waals surface area (Å²) in [6, 6.07) is 4.99. The summed E-state index contributed by atoms with van der Waals surface area (Å²) in [7, 11) is 1.64. The van der Waals surface area contributed by atoms with Crippen LogP contribution in [0.15, 0.2) is 24.3 Å². The zero-order chi connectivity index (χ0) is 14.3. The number of rotatable bonds is 6. The van der Waals surface area contributed by atoms with Gasteiger partial charge in [0.05, 0.1) is 4.92 Å². The Morgan fingerprint density at radius 2 is 2.21 bits per heavy atom. The van der Waals surface area contributed by atoms with Crippen molar-refractivity contribution in [1.82, 2.24) is 5.32 Å². The molecule has 6 nitrogen and oxygen atoms in total. The van der Waals surface area contributed by atoms with E-state index in [1.165, 1.54) is 13.0 Å². The molecule has 0 aliphatic rings. The molecule has 1 rings (SSSR count). The van der Waals surface area contributed by atoms with Gasteiger partial charge in [-0.1, -0.05) is 18.2 Å². The second-order valence-electron chi connectivity index (χ2n) is 3.96. The van der Waals surface area contributed by atoms with E-state index in [0.717, 1.165) is 5.56 Å². The molecule has 6 heteroatoms. The molecule has 0 fully saturated rings. The average Bonchev–Trinajstić information content (AvgIpc) is 2.37. The van der Waals surface area contributed by atoms with Crippen molar-refractivity contribution in [2.75, 3.05) is 18.9 Å². The van der Waals surface area contributed by atoms with E-state index in [9.17, 15) is 14.9 Å². The maximum atomic E-state index is 10.9. The molecule has 0 aliphatic heterocycles. The predicted molar refractivity (Wildman–Crippen MR) is 75.0 cm³/mol. The summed E-state index contributed by atoms with van der Waals surface area (Å²) < 4.78 is 0. The summed E-state index contributed by atoms with van der Waals surface area (Å²) in [4.78, 5) is 21.1. The Balaban J connectivity index is 2.69. The lowest BCUT2D eigenvalue weighted by atomic mass is 10.1. The number of benzene rings is 1. The van der Waals surface area contributed by atoms with Crippen molar-refractivity contribution in [3.63, 3.8) is 0 Å². The van der Waals surface area contributed by atoms with E-state index < -0.39 is 4.92 Å². The Morgan fingerprint density at radius 1 is 1.47 bits per heavy atom. The number of carbonyl (C=O) groups is 1. The van der Waals surface area contributed by atoms with Crippen LogP contribution in [0.1, 0.15) is 18.9 Å². The van der Waals surface area contributed by atoms with Gasteiger partial charge in [-0.15, -0.1) is 0 Å². The van der Waals surface area contributed by atoms with Crippen molar-refractivity contribution in [2.45, 2.75) is 13.3 Å². The summed E-state index contributed by atoms with van der Waals surface area (Å²) in [5, 5.41) is 16.3. The molecule has 1 aromatic carbocycles. The third-order valence-electron chi connectivity index (χ3n) is 2.48. The van der Waals surface area contributed by atoms with Crippen LogP contribution < -0.4 is 10.6 Å². The molecule has 0 unspecified atom stereocenters. The molecule has 1 amide bonds. The summed E-state index contributed by atoms with van der Waals surface area (Å²) in [6.07, 6.45) is 4.35. The highest BCUT2D eigenvalue weighted by Gasteiger charge is 2.12. The van der Waals surface area contributed by atoms with Crippen LogP contribution in [-0.4, -0.2) is 24.4 Å². The number of carbonyl (C=O) groups excluding carboxylic acids is 1. The maximum Gasteiger partial charge on any atom is 0.292 e. The monoisotopic (exact) mass is 263 g/mol. The molecule has 102 valence electrons. The van der Waals surface area contributed by atoms with Crippen LogP contribution in [0.25, 0.3) is 6.08 Å². The first-order valence-corrected chi connectivity index (χ1v) is 5.91. The van der Waals surface area contributed by atoms with E-state index in [4.69, 9.17) is 0 Å². The third kappa shape index (κ3) is 4.79. The summed E-state index contributed by atoms with van der Waals surface area (Å²) in [5.74, 6) is -0.0672. The molecule has 2 N–H and O–H groups in total. The molecule has 1 aromatic rings. The lowest BCUT2D eigenvalue weighted by molar-refractivity contribution is -0.383. The fourth-order valence-electron chi connectivity index (χ4n) is 1.57. The minimum absolute atomic E-state index is 0.0477. The first kappa shape index (κ1) is 14.7. The number of nitro groups is 1. The Kier molecular flexibility index (Phi) is 5.53. The Bertz CT molecular complexity index is 498. The van der Waals surface area contributed by atoms with Gasteiger partial charge in [0.15, 0.2) is 0 Å². The number of nitro benzene ring substituents is 1. The largest absolute Gasteiger partial charge is 0.383 e. The van der Waals surface area contributed by atoms with Gasteiger partial charge in [-0.3, -0.25) is 14.9 Å². The summed E-state index contributed by atoms with van der Waals surface area (Å²) in [5.41, 5.74) is 1.29. The zero-order valence-corrected chi connectivity index (χ0v) is 11.0. The summed E-state index contributed by atoms with van der Waals surface area (Å²) in [6.45, 7) is 2.02. The number of anilines is 1. The van der Waals surface area contributed by atoms with Gasteiger partial charge >= 0.3 is 0 Å². The van der Waals surface area contributed by atoms with Gasteiger partial charge in [0.2, 0.25) is 5.91 Å². The van der Waals surface area contributed by atoms with Crippen LogP contribution in [-0.2, 0) is 4.79 Å². The van der Waals surface area contributed by atoms with Crippen LogP contribution in [0.2, 0.25) is 0 Å². The van der Waals surface area contributed by atoms with E-state index in [1.54, 1.807) is 25.3 Å². The van der Waals surface area contributed by atoms with Gasteiger partial charge in [-0.25, -0.2) is 0 Å². The predicted octanol–water partition coefficient (Wildman–Crippen LogP) is 2.18. The van der Waals surface area contributed by atoms with Crippen LogP contribution >= 0.6 is 0 Å². The SMILES string of the molecule is CNc1ccc(C=CCCNC(C)=O)cc1[N+](=O)[O-]. The van der Waals surface area contributed by atoms with E-state index >= 15 is 0 Å². The molecule has 19 heavy (non-hydrogen) atoms. The highest BCUT2D eigenvalue weighted by molar-refractivity contribution is 5.72. The summed E-state index contributed by atoms with van der Waals surface area (Å²) >= 11 is 0. The van der Waals surface area contributed by atoms with Crippen molar-refractivity contribution in [2.24, 2.45) is 0 Å². The van der Waals surface area contributed by atoms with E-state index in [2.05, 4.69) is 10.6 Å². The number of nitrogens with zero attached hydrogens (tertiary/aromatic N) is 1. The number of hydrogen-bond acceptors (Lipinski definition) is 4. The van der Waals surface area contributed by atoms with Gasteiger partial charge in [-0.05, 0) is 18.1 Å². The molecule has 0 atom stereocenters. The van der Waals surface area contributed by atoms with Gasteiger partial charge in [0.25, 0.3) is 5.69 Å². The van der Waals surface area contributed by atoms with Crippen LogP contribution in [0.4, 0.5) is 11.4 Å². The Hall–Kier alpha value is -2.37. The Labute approximate surface area is 111 Å². The number of nitrogens with one attached hydrogen (secondary N) is 2. The Morgan fingerprint density at radius 3 is 2.79 bits per heavy atom. The van der Waals surface area contributed by atoms with Crippen molar-refractivity contribution >= 4 is 23.4 Å². The van der Waals surface area contributed by atoms with Crippen molar-refractivity contribution in [3.8, 4) is 0 Å². The van der Waals surface area contributed by atoms with Gasteiger partial charge in [0, 0.05) is 26.6 Å². The van der Waals surface area contributed by atoms with Gasteiger partial charge < -0.3 is 10.6 Å². The quantitative estimate of drug-likeness (QED) is 0.468. The molecule has 0 aromatic heterocycles. The van der Waals surface area contributed by atoms with Gasteiger partial charge in [0.1, 0.15) is 5.69 Å². The number of amides is 1. The highest BCUT2D eigenvalue weighted by atomic mass is 16.6. The first-order chi connectivity index (χ1) is 9.04. The molecule has 0 saturated heterocycles. The topological polar surface area (TPSA) is 84.3 Å². The molecular weight excluding hydrogens is 246 g/mol. The molecular formula is C13H17N3O3. The standard InChI is InChI=1S/C13H17N3O3/c1-10(17)15-8-4-3-5-11-6-7-12(14-2)13(9-11)16(18)19/h3,5-7,9,14H,4,8H2,1-2H3,(H,15,17). The molecule has 0 saturated carbocycles. The van der Waals surface area contributed by atoms with Crippen molar-refractivity contribution in [3.05, 3.63) is 40.0 Å². The van der Waals surface area contributed by atoms with Crippen molar-refractivity contribution in [1.29, 1.82) is 0 Å². The lowest BCUT2D eigenvalue weighted by Gasteiger charge is -2.02. The van der Waals surface area contributed by atoms with Crippen LogP contribution in [0.5, 0.6) is 0 Å². The molecule has 0 aliphatic carbocycles. The smallest absolute Gasteiger partial charge is 0.292 e. The fourth-order valence-corrected chi connectivity index (χ4v) is 1.57. The molecule has 0 bridgehead atoms. The fraction of sp³-hybridized carbons (Fsp3) is 0.308. The molecule has 0 radical (unpaired) electrons. The van der Waals surface area contributed by atoms with E-state index in [0.29, 0.717) is 18.7 Å². The van der Waals surface area contributed by atoms with Crippen molar-refractivity contribution < 1.29 is 9.72 Å². The second-order valence-corrected chi connectivity index (χ2v) is 3.96. The van der Waals surface area contributed by atoms with E-state index in [-0.39, 0.29) is 11.6 Å². The first-order valence-electron chi connectivity index (χ1n) is 5.91. The molecule has 0 heterocycles. The normalized spacial score (nSPS) is 10.4. The molecule has 0 spiro atoms. The van der Waals surface area contributed by atoms with E-state index in [1.807, 2.05) is 6.08 Å². The number of hydrogen-bond donors (Lipinski definition) is 2. The zero-order valence-electron chi connectivity index (χ0n) is 11.0. The maximum absolute atomic E-state index is 10.9. The minimum Gasteiger partial charge on any atom is -0.383 e. The van der Waals surface area contributed by atoms with Crippen LogP contribution in [0.3, 0.4) is 0 Å². The van der Waals surface area contributed by atoms with Crippen LogP contribution in [0, 0.1) is 10.1 Å². The second kappa shape index (κ2) is 7.15. The highest BCUT2D eigenvalue weighted by Crippen LogP contribution is 2.25. The third-order valence-corrected chi connectivity index (χ3v) is 2.48. The lowest BCUT2D eigenvalue weighted by Crippen LogP contribution is -2.20.